The third-order valence-corrected chi connectivity index (χ3v) is 9.42. The van der Waals surface area contributed by atoms with Crippen LogP contribution in [-0.4, -0.2) is 10.9 Å². The van der Waals surface area contributed by atoms with E-state index in [1.807, 2.05) is 12.1 Å². The van der Waals surface area contributed by atoms with Crippen molar-refractivity contribution in [1.82, 2.24) is 0 Å². The molecule has 42 heavy (non-hydrogen) atoms. The third kappa shape index (κ3) is 9.08. The van der Waals surface area contributed by atoms with Crippen molar-refractivity contribution in [2.24, 2.45) is 0 Å². The number of allylic oxidation sites excluding steroid dienone is 1. The molecule has 0 amide bonds. The Balaban J connectivity index is 2.77. The molecule has 0 saturated carbocycles. The SMILES string of the molecule is CCCC(C)c1ccc(C(C)CCC)c(/C=C/C(=O)c2cc(C(C)CCC)c(O)c(C(C)CCC)c2C(C)CCC)c1. The molecule has 0 bridgehead atoms. The van der Waals surface area contributed by atoms with Crippen molar-refractivity contribution in [3.8, 4) is 5.75 Å². The van der Waals surface area contributed by atoms with E-state index in [4.69, 9.17) is 0 Å². The molecule has 0 aromatic heterocycles. The van der Waals surface area contributed by atoms with Crippen LogP contribution < -0.4 is 0 Å². The van der Waals surface area contributed by atoms with Crippen LogP contribution in [0.3, 0.4) is 0 Å². The van der Waals surface area contributed by atoms with Gasteiger partial charge >= 0.3 is 0 Å². The minimum Gasteiger partial charge on any atom is -0.507 e. The summed E-state index contributed by atoms with van der Waals surface area (Å²) in [5.74, 6) is 2.04. The fraction of sp³-hybridized carbons (Fsp3) is 0.625. The number of carbonyl (C=O) groups excluding carboxylic acids is 1. The third-order valence-electron chi connectivity index (χ3n) is 9.42. The summed E-state index contributed by atoms with van der Waals surface area (Å²) in [7, 11) is 0. The fourth-order valence-corrected chi connectivity index (χ4v) is 7.02. The molecule has 0 saturated heterocycles. The lowest BCUT2D eigenvalue weighted by atomic mass is 9.77. The van der Waals surface area contributed by atoms with Gasteiger partial charge in [0.05, 0.1) is 0 Å². The van der Waals surface area contributed by atoms with Gasteiger partial charge in [-0.3, -0.25) is 4.79 Å². The van der Waals surface area contributed by atoms with Gasteiger partial charge in [0.25, 0.3) is 0 Å². The fourth-order valence-electron chi connectivity index (χ4n) is 7.02. The first-order valence-electron chi connectivity index (χ1n) is 17.3. The number of phenols is 1. The highest BCUT2D eigenvalue weighted by Gasteiger charge is 2.28. The Morgan fingerprint density at radius 1 is 0.643 bits per heavy atom. The molecular formula is C40H62O2. The van der Waals surface area contributed by atoms with Gasteiger partial charge < -0.3 is 5.11 Å². The number of rotatable bonds is 18. The van der Waals surface area contributed by atoms with E-state index in [9.17, 15) is 9.90 Å². The molecule has 2 rings (SSSR count). The van der Waals surface area contributed by atoms with Gasteiger partial charge in [0.1, 0.15) is 5.75 Å². The van der Waals surface area contributed by atoms with Gasteiger partial charge in [0, 0.05) is 11.1 Å². The zero-order valence-corrected chi connectivity index (χ0v) is 28.8. The number of carbonyl (C=O) groups is 1. The van der Waals surface area contributed by atoms with Crippen LogP contribution in [0.15, 0.2) is 30.3 Å². The second kappa shape index (κ2) is 17.7. The van der Waals surface area contributed by atoms with Gasteiger partial charge in [-0.15, -0.1) is 0 Å². The average Bonchev–Trinajstić information content (AvgIpc) is 2.95. The van der Waals surface area contributed by atoms with Crippen LogP contribution in [0.25, 0.3) is 6.08 Å². The molecule has 0 aliphatic heterocycles. The van der Waals surface area contributed by atoms with Gasteiger partial charge in [-0.25, -0.2) is 0 Å². The van der Waals surface area contributed by atoms with Gasteiger partial charge in [0.2, 0.25) is 0 Å². The smallest absolute Gasteiger partial charge is 0.186 e. The largest absolute Gasteiger partial charge is 0.507 e. The Labute approximate surface area is 259 Å². The summed E-state index contributed by atoms with van der Waals surface area (Å²) in [6.07, 6.45) is 14.6. The van der Waals surface area contributed by atoms with Crippen LogP contribution in [0.1, 0.15) is 207 Å². The normalized spacial score (nSPS) is 15.5. The second-order valence-corrected chi connectivity index (χ2v) is 13.2. The van der Waals surface area contributed by atoms with Gasteiger partial charge in [-0.1, -0.05) is 126 Å². The molecule has 5 atom stereocenters. The van der Waals surface area contributed by atoms with E-state index in [-0.39, 0.29) is 23.5 Å². The molecule has 2 nitrogen and oxygen atoms in total. The van der Waals surface area contributed by atoms with Gasteiger partial charge in [-0.05, 0) is 102 Å². The molecule has 0 spiro atoms. The van der Waals surface area contributed by atoms with Crippen LogP contribution in [-0.2, 0) is 0 Å². The first-order chi connectivity index (χ1) is 20.1. The zero-order chi connectivity index (χ0) is 31.4. The molecule has 0 aliphatic rings. The van der Waals surface area contributed by atoms with Gasteiger partial charge in [0.15, 0.2) is 5.78 Å². The summed E-state index contributed by atoms with van der Waals surface area (Å²) in [5, 5.41) is 11.7. The van der Waals surface area contributed by atoms with Crippen LogP contribution in [0, 0.1) is 0 Å². The standard InChI is InChI=1S/C40H62O2/c1-11-16-27(6)32-21-23-34(28(7)17-12-2)33(25-32)22-24-37(41)36-26-35(29(8)18-13-3)40(42)39(31(10)20-15-5)38(36)30(9)19-14-4/h21-31,42H,11-20H2,1-10H3/b24-22+. The highest BCUT2D eigenvalue weighted by molar-refractivity contribution is 6.08. The van der Waals surface area contributed by atoms with Crippen LogP contribution in [0.5, 0.6) is 5.75 Å². The molecule has 2 heteroatoms. The second-order valence-electron chi connectivity index (χ2n) is 13.2. The molecule has 1 N–H and O–H groups in total. The van der Waals surface area contributed by atoms with E-state index >= 15 is 0 Å². The highest BCUT2D eigenvalue weighted by atomic mass is 16.3. The first-order valence-corrected chi connectivity index (χ1v) is 17.3. The van der Waals surface area contributed by atoms with Crippen molar-refractivity contribution in [3.05, 3.63) is 69.3 Å². The Bertz CT molecular complexity index is 1160. The van der Waals surface area contributed by atoms with Crippen molar-refractivity contribution in [2.45, 2.75) is 163 Å². The Hall–Kier alpha value is -2.35. The number of aromatic hydroxyl groups is 1. The van der Waals surface area contributed by atoms with E-state index in [0.29, 0.717) is 17.6 Å². The minimum absolute atomic E-state index is 0.0592. The lowest BCUT2D eigenvalue weighted by Gasteiger charge is -2.27. The number of benzene rings is 2. The molecule has 0 radical (unpaired) electrons. The number of hydrogen-bond donors (Lipinski definition) is 1. The van der Waals surface area contributed by atoms with Crippen molar-refractivity contribution < 1.29 is 9.90 Å². The molecule has 0 aliphatic carbocycles. The van der Waals surface area contributed by atoms with Crippen LogP contribution >= 0.6 is 0 Å². The van der Waals surface area contributed by atoms with Crippen molar-refractivity contribution in [3.63, 3.8) is 0 Å². The van der Waals surface area contributed by atoms with E-state index in [1.165, 1.54) is 16.7 Å². The summed E-state index contributed by atoms with van der Waals surface area (Å²) in [5.41, 5.74) is 7.67. The van der Waals surface area contributed by atoms with Crippen molar-refractivity contribution in [2.75, 3.05) is 0 Å². The molecular weight excluding hydrogens is 512 g/mol. The topological polar surface area (TPSA) is 37.3 Å². The zero-order valence-electron chi connectivity index (χ0n) is 28.8. The lowest BCUT2D eigenvalue weighted by Crippen LogP contribution is -2.13. The summed E-state index contributed by atoms with van der Waals surface area (Å²) < 4.78 is 0. The monoisotopic (exact) mass is 574 g/mol. The molecule has 234 valence electrons. The predicted octanol–water partition coefficient (Wildman–Crippen LogP) is 12.8. The van der Waals surface area contributed by atoms with E-state index < -0.39 is 0 Å². The highest BCUT2D eigenvalue weighted by Crippen LogP contribution is 2.44. The molecule has 2 aromatic rings. The molecule has 0 fully saturated rings. The van der Waals surface area contributed by atoms with Crippen molar-refractivity contribution in [1.29, 1.82) is 0 Å². The van der Waals surface area contributed by atoms with E-state index in [2.05, 4.69) is 93.5 Å². The van der Waals surface area contributed by atoms with E-state index in [0.717, 1.165) is 86.5 Å². The maximum absolute atomic E-state index is 14.3. The van der Waals surface area contributed by atoms with E-state index in [1.54, 1.807) is 0 Å². The van der Waals surface area contributed by atoms with Crippen molar-refractivity contribution >= 4 is 11.9 Å². The summed E-state index contributed by atoms with van der Waals surface area (Å²) in [4.78, 5) is 14.3. The minimum atomic E-state index is 0.0592. The lowest BCUT2D eigenvalue weighted by molar-refractivity contribution is 0.104. The predicted molar refractivity (Wildman–Crippen MR) is 185 cm³/mol. The van der Waals surface area contributed by atoms with Gasteiger partial charge in [-0.2, -0.15) is 0 Å². The molecule has 0 heterocycles. The first kappa shape index (κ1) is 35.8. The maximum Gasteiger partial charge on any atom is 0.186 e. The Kier molecular flexibility index (Phi) is 15.1. The maximum atomic E-state index is 14.3. The molecule has 2 aromatic carbocycles. The Morgan fingerprint density at radius 3 is 1.67 bits per heavy atom. The van der Waals surface area contributed by atoms with Crippen LogP contribution in [0.4, 0.5) is 0 Å². The van der Waals surface area contributed by atoms with Crippen LogP contribution in [0.2, 0.25) is 0 Å². The quantitative estimate of drug-likeness (QED) is 0.142. The molecule has 5 unspecified atom stereocenters. The summed E-state index contributed by atoms with van der Waals surface area (Å²) >= 11 is 0. The Morgan fingerprint density at radius 2 is 1.12 bits per heavy atom. The number of phenolic OH excluding ortho intramolecular Hbond substituents is 1. The average molecular weight is 575 g/mol. The summed E-state index contributed by atoms with van der Waals surface area (Å²) in [6, 6.07) is 8.98. The number of hydrogen-bond acceptors (Lipinski definition) is 2. The summed E-state index contributed by atoms with van der Waals surface area (Å²) in [6.45, 7) is 22.3. The number of ketones is 1.